The average molecular weight is 151 g/mol. The third kappa shape index (κ3) is 1.92. The van der Waals surface area contributed by atoms with Crippen LogP contribution < -0.4 is 0 Å². The topological polar surface area (TPSA) is 12.4 Å². The van der Waals surface area contributed by atoms with Gasteiger partial charge in [0.2, 0.25) is 0 Å². The predicted molar refractivity (Wildman–Crippen MR) is 49.7 cm³/mol. The van der Waals surface area contributed by atoms with Gasteiger partial charge in [-0.2, -0.15) is 0 Å². The monoisotopic (exact) mass is 151 g/mol. The number of allylic oxidation sites excluding steroid dienone is 1. The summed E-state index contributed by atoms with van der Waals surface area (Å²) in [5, 5.41) is 0. The zero-order chi connectivity index (χ0) is 8.27. The molecular weight excluding hydrogens is 134 g/mol. The van der Waals surface area contributed by atoms with Crippen LogP contribution >= 0.6 is 0 Å². The van der Waals surface area contributed by atoms with Gasteiger partial charge in [0.25, 0.3) is 0 Å². The van der Waals surface area contributed by atoms with E-state index in [0.717, 1.165) is 17.8 Å². The first-order valence-corrected chi connectivity index (χ1v) is 4.40. The maximum atomic E-state index is 4.21. The van der Waals surface area contributed by atoms with E-state index in [4.69, 9.17) is 0 Å². The molecule has 11 heavy (non-hydrogen) atoms. The summed E-state index contributed by atoms with van der Waals surface area (Å²) < 4.78 is 0. The van der Waals surface area contributed by atoms with E-state index in [1.807, 2.05) is 19.2 Å². The van der Waals surface area contributed by atoms with Crippen LogP contribution in [-0.2, 0) is 0 Å². The van der Waals surface area contributed by atoms with Crippen molar-refractivity contribution in [2.75, 3.05) is 0 Å². The first-order chi connectivity index (χ1) is 5.25. The number of nitrogens with zero attached hydrogens (tertiary/aromatic N) is 1. The molecule has 62 valence electrons. The number of hydrogen-bond acceptors (Lipinski definition) is 1. The van der Waals surface area contributed by atoms with Gasteiger partial charge >= 0.3 is 0 Å². The van der Waals surface area contributed by atoms with Crippen LogP contribution in [0.5, 0.6) is 0 Å². The Labute approximate surface area is 69.2 Å². The fourth-order valence-corrected chi connectivity index (χ4v) is 1.79. The van der Waals surface area contributed by atoms with Crippen molar-refractivity contribution in [2.45, 2.75) is 27.2 Å². The van der Waals surface area contributed by atoms with E-state index >= 15 is 0 Å². The summed E-state index contributed by atoms with van der Waals surface area (Å²) in [4.78, 5) is 4.21. The summed E-state index contributed by atoms with van der Waals surface area (Å²) in [5.74, 6) is 2.42. The van der Waals surface area contributed by atoms with Crippen LogP contribution in [0.2, 0.25) is 0 Å². The predicted octanol–water partition coefficient (Wildman–Crippen LogP) is 2.88. The summed E-state index contributed by atoms with van der Waals surface area (Å²) >= 11 is 0. The molecule has 1 rings (SSSR count). The highest BCUT2D eigenvalue weighted by Crippen LogP contribution is 2.38. The van der Waals surface area contributed by atoms with Crippen molar-refractivity contribution in [3.63, 3.8) is 0 Å². The van der Waals surface area contributed by atoms with Gasteiger partial charge < -0.3 is 0 Å². The van der Waals surface area contributed by atoms with Crippen molar-refractivity contribution < 1.29 is 0 Å². The molecule has 0 amide bonds. The van der Waals surface area contributed by atoms with Crippen LogP contribution in [0.15, 0.2) is 17.3 Å². The van der Waals surface area contributed by atoms with Gasteiger partial charge in [-0.1, -0.05) is 19.9 Å². The van der Waals surface area contributed by atoms with Crippen molar-refractivity contribution in [1.29, 1.82) is 0 Å². The first kappa shape index (κ1) is 8.51. The molecule has 0 saturated heterocycles. The smallest absolute Gasteiger partial charge is 0.0221 e. The lowest BCUT2D eigenvalue weighted by molar-refractivity contribution is 0.171. The van der Waals surface area contributed by atoms with E-state index in [1.54, 1.807) is 0 Å². The standard InChI is InChI=1S/C10H17N/c1-4-5-11-7-10-8(2)6-9(10)3/h4-5,7-10H,6H2,1-3H3/b5-4-,11-7?. The van der Waals surface area contributed by atoms with Crippen LogP contribution in [0.4, 0.5) is 0 Å². The Morgan fingerprint density at radius 2 is 1.91 bits per heavy atom. The van der Waals surface area contributed by atoms with E-state index in [0.29, 0.717) is 0 Å². The van der Waals surface area contributed by atoms with Gasteiger partial charge in [0.15, 0.2) is 0 Å². The van der Waals surface area contributed by atoms with Crippen molar-refractivity contribution >= 4 is 6.21 Å². The van der Waals surface area contributed by atoms with Gasteiger partial charge in [0.1, 0.15) is 0 Å². The minimum Gasteiger partial charge on any atom is -0.269 e. The Bertz CT molecular complexity index is 162. The largest absolute Gasteiger partial charge is 0.269 e. The van der Waals surface area contributed by atoms with Crippen molar-refractivity contribution in [3.8, 4) is 0 Å². The molecule has 1 saturated carbocycles. The molecule has 0 aromatic carbocycles. The van der Waals surface area contributed by atoms with Crippen molar-refractivity contribution in [2.24, 2.45) is 22.7 Å². The molecule has 1 aliphatic rings. The van der Waals surface area contributed by atoms with Crippen molar-refractivity contribution in [1.82, 2.24) is 0 Å². The number of hydrogen-bond donors (Lipinski definition) is 0. The lowest BCUT2D eigenvalue weighted by Gasteiger charge is -2.38. The van der Waals surface area contributed by atoms with Gasteiger partial charge in [0.05, 0.1) is 0 Å². The summed E-state index contributed by atoms with van der Waals surface area (Å²) in [6, 6.07) is 0. The van der Waals surface area contributed by atoms with Crippen LogP contribution in [-0.4, -0.2) is 6.21 Å². The fraction of sp³-hybridized carbons (Fsp3) is 0.700. The zero-order valence-electron chi connectivity index (χ0n) is 7.62. The lowest BCUT2D eigenvalue weighted by atomic mass is 9.67. The fourth-order valence-electron chi connectivity index (χ4n) is 1.79. The third-order valence-electron chi connectivity index (χ3n) is 2.55. The molecule has 2 unspecified atom stereocenters. The molecule has 0 N–H and O–H groups in total. The molecular formula is C10H17N. The quantitative estimate of drug-likeness (QED) is 0.538. The average Bonchev–Trinajstić information content (AvgIpc) is 1.98. The summed E-state index contributed by atoms with van der Waals surface area (Å²) in [5.41, 5.74) is 0. The molecule has 1 nitrogen and oxygen atoms in total. The maximum absolute atomic E-state index is 4.21. The number of rotatable bonds is 2. The van der Waals surface area contributed by atoms with E-state index < -0.39 is 0 Å². The van der Waals surface area contributed by atoms with E-state index in [2.05, 4.69) is 25.1 Å². The third-order valence-corrected chi connectivity index (χ3v) is 2.55. The molecule has 0 spiro atoms. The normalized spacial score (nSPS) is 38.3. The van der Waals surface area contributed by atoms with Gasteiger partial charge in [-0.3, -0.25) is 4.99 Å². The van der Waals surface area contributed by atoms with Crippen LogP contribution in [0.3, 0.4) is 0 Å². The molecule has 1 heteroatoms. The molecule has 0 aliphatic heterocycles. The Morgan fingerprint density at radius 3 is 2.36 bits per heavy atom. The van der Waals surface area contributed by atoms with Crippen LogP contribution in [0.25, 0.3) is 0 Å². The highest BCUT2D eigenvalue weighted by Gasteiger charge is 2.32. The molecule has 1 aliphatic carbocycles. The van der Waals surface area contributed by atoms with Gasteiger partial charge in [-0.05, 0) is 31.1 Å². The highest BCUT2D eigenvalue weighted by molar-refractivity contribution is 5.63. The Hall–Kier alpha value is -0.590. The van der Waals surface area contributed by atoms with Crippen LogP contribution in [0.1, 0.15) is 27.2 Å². The minimum atomic E-state index is 0.728. The molecule has 0 aromatic heterocycles. The van der Waals surface area contributed by atoms with E-state index in [1.165, 1.54) is 6.42 Å². The molecule has 0 aromatic rings. The Kier molecular flexibility index (Phi) is 2.86. The SMILES string of the molecule is C/C=C\N=CC1C(C)CC1C. The second kappa shape index (κ2) is 3.70. The lowest BCUT2D eigenvalue weighted by Crippen LogP contribution is -2.33. The number of aliphatic imine (C=N–C) groups is 1. The second-order valence-corrected chi connectivity index (χ2v) is 3.55. The second-order valence-electron chi connectivity index (χ2n) is 3.55. The minimum absolute atomic E-state index is 0.728. The van der Waals surface area contributed by atoms with Gasteiger partial charge in [-0.25, -0.2) is 0 Å². The Balaban J connectivity index is 2.36. The van der Waals surface area contributed by atoms with Gasteiger partial charge in [-0.15, -0.1) is 0 Å². The molecule has 0 radical (unpaired) electrons. The molecule has 0 bridgehead atoms. The summed E-state index contributed by atoms with van der Waals surface area (Å²) in [6.45, 7) is 6.59. The van der Waals surface area contributed by atoms with Crippen LogP contribution in [0, 0.1) is 17.8 Å². The highest BCUT2D eigenvalue weighted by atomic mass is 14.7. The van der Waals surface area contributed by atoms with Crippen molar-refractivity contribution in [3.05, 3.63) is 12.3 Å². The van der Waals surface area contributed by atoms with E-state index in [-0.39, 0.29) is 0 Å². The summed E-state index contributed by atoms with van der Waals surface area (Å²) in [6.07, 6.45) is 7.29. The van der Waals surface area contributed by atoms with Gasteiger partial charge in [0, 0.05) is 12.4 Å². The maximum Gasteiger partial charge on any atom is 0.0221 e. The first-order valence-electron chi connectivity index (χ1n) is 4.40. The zero-order valence-corrected chi connectivity index (χ0v) is 7.62. The van der Waals surface area contributed by atoms with E-state index in [9.17, 15) is 0 Å². The molecule has 2 atom stereocenters. The summed E-state index contributed by atoms with van der Waals surface area (Å²) in [7, 11) is 0. The molecule has 0 heterocycles. The Morgan fingerprint density at radius 1 is 1.27 bits per heavy atom. The molecule has 1 fully saturated rings.